The van der Waals surface area contributed by atoms with Crippen LogP contribution in [-0.2, 0) is 0 Å². The van der Waals surface area contributed by atoms with Crippen molar-refractivity contribution < 1.29 is 4.74 Å². The Hall–Kier alpha value is -0.830. The first-order chi connectivity index (χ1) is 6.74. The fourth-order valence-corrected chi connectivity index (χ4v) is 1.36. The molecule has 0 N–H and O–H groups in total. The molecule has 1 rings (SSSR count). The average Bonchev–Trinajstić information content (AvgIpc) is 2.17. The Labute approximate surface area is 89.5 Å². The predicted octanol–water partition coefficient (Wildman–Crippen LogP) is 2.95. The minimum atomic E-state index is 0.330. The molecule has 0 fully saturated rings. The summed E-state index contributed by atoms with van der Waals surface area (Å²) in [5.74, 6) is 0.954. The highest BCUT2D eigenvalue weighted by molar-refractivity contribution is 6.30. The molecule has 3 nitrogen and oxygen atoms in total. The normalized spacial score (nSPS) is 12.5. The van der Waals surface area contributed by atoms with Crippen LogP contribution in [0, 0.1) is 5.92 Å². The van der Waals surface area contributed by atoms with E-state index in [-0.39, 0.29) is 0 Å². The molecular formula is C10H15ClN2O. The molecule has 0 aromatic carbocycles. The number of hydrogen-bond acceptors (Lipinski definition) is 3. The van der Waals surface area contributed by atoms with Crippen molar-refractivity contribution in [2.45, 2.75) is 26.7 Å². The largest absolute Gasteiger partial charge is 0.475 e. The van der Waals surface area contributed by atoms with Gasteiger partial charge in [-0.3, -0.25) is 0 Å². The Morgan fingerprint density at radius 3 is 2.79 bits per heavy atom. The summed E-state index contributed by atoms with van der Waals surface area (Å²) in [4.78, 5) is 7.87. The van der Waals surface area contributed by atoms with Crippen LogP contribution in [0.25, 0.3) is 0 Å². The summed E-state index contributed by atoms with van der Waals surface area (Å²) >= 11 is 5.79. The van der Waals surface area contributed by atoms with Crippen LogP contribution in [0.3, 0.4) is 0 Å². The Balaban J connectivity index is 2.41. The van der Waals surface area contributed by atoms with E-state index in [2.05, 4.69) is 23.8 Å². The van der Waals surface area contributed by atoms with Crippen LogP contribution >= 0.6 is 11.6 Å². The summed E-state index contributed by atoms with van der Waals surface area (Å²) in [7, 11) is 0. The van der Waals surface area contributed by atoms with E-state index in [0.717, 1.165) is 6.42 Å². The fraction of sp³-hybridized carbons (Fsp3) is 0.600. The molecule has 0 saturated heterocycles. The zero-order valence-electron chi connectivity index (χ0n) is 8.53. The Bertz CT molecular complexity index is 281. The van der Waals surface area contributed by atoms with Crippen LogP contribution < -0.4 is 4.74 Å². The van der Waals surface area contributed by atoms with Crippen molar-refractivity contribution in [1.82, 2.24) is 9.97 Å². The third-order valence-corrected chi connectivity index (χ3v) is 2.17. The lowest BCUT2D eigenvalue weighted by Crippen LogP contribution is -2.09. The van der Waals surface area contributed by atoms with Crippen molar-refractivity contribution in [2.24, 2.45) is 5.92 Å². The highest BCUT2D eigenvalue weighted by Gasteiger charge is 2.06. The van der Waals surface area contributed by atoms with Gasteiger partial charge in [0.25, 0.3) is 5.88 Å². The zero-order chi connectivity index (χ0) is 10.4. The van der Waals surface area contributed by atoms with Gasteiger partial charge < -0.3 is 4.74 Å². The zero-order valence-corrected chi connectivity index (χ0v) is 9.29. The highest BCUT2D eigenvalue weighted by Crippen LogP contribution is 2.18. The van der Waals surface area contributed by atoms with E-state index in [0.29, 0.717) is 23.6 Å². The van der Waals surface area contributed by atoms with Gasteiger partial charge in [-0.15, -0.1) is 0 Å². The van der Waals surface area contributed by atoms with Crippen LogP contribution in [0.5, 0.6) is 5.88 Å². The Morgan fingerprint density at radius 1 is 1.43 bits per heavy atom. The van der Waals surface area contributed by atoms with E-state index in [4.69, 9.17) is 16.3 Å². The topological polar surface area (TPSA) is 35.0 Å². The third kappa shape index (κ3) is 3.50. The standard InChI is InChI=1S/C10H15ClN2O/c1-3-4-8(2)7-14-10-9(11)12-5-6-13-10/h5-6,8H,3-4,7H2,1-2H3. The molecule has 1 heterocycles. The molecule has 0 spiro atoms. The molecule has 78 valence electrons. The van der Waals surface area contributed by atoms with Crippen LogP contribution in [0.1, 0.15) is 26.7 Å². The van der Waals surface area contributed by atoms with E-state index in [1.807, 2.05) is 0 Å². The number of rotatable bonds is 5. The molecule has 1 unspecified atom stereocenters. The van der Waals surface area contributed by atoms with Gasteiger partial charge in [0, 0.05) is 12.4 Å². The summed E-state index contributed by atoms with van der Waals surface area (Å²) in [5.41, 5.74) is 0. The smallest absolute Gasteiger partial charge is 0.252 e. The highest BCUT2D eigenvalue weighted by atomic mass is 35.5. The molecule has 0 aliphatic heterocycles. The van der Waals surface area contributed by atoms with Crippen LogP contribution in [0.4, 0.5) is 0 Å². The molecule has 14 heavy (non-hydrogen) atoms. The predicted molar refractivity (Wildman–Crippen MR) is 56.6 cm³/mol. The molecule has 1 aromatic rings. The maximum absolute atomic E-state index is 5.79. The van der Waals surface area contributed by atoms with Gasteiger partial charge in [0.15, 0.2) is 5.15 Å². The minimum absolute atomic E-state index is 0.330. The second-order valence-corrected chi connectivity index (χ2v) is 3.72. The molecule has 1 aromatic heterocycles. The Kier molecular flexibility index (Phi) is 4.66. The monoisotopic (exact) mass is 214 g/mol. The molecule has 4 heteroatoms. The van der Waals surface area contributed by atoms with Gasteiger partial charge in [0.2, 0.25) is 0 Å². The van der Waals surface area contributed by atoms with E-state index < -0.39 is 0 Å². The summed E-state index contributed by atoms with van der Waals surface area (Å²) in [5, 5.41) is 0.330. The molecular weight excluding hydrogens is 200 g/mol. The lowest BCUT2D eigenvalue weighted by molar-refractivity contribution is 0.242. The number of ether oxygens (including phenoxy) is 1. The van der Waals surface area contributed by atoms with Crippen LogP contribution in [0.15, 0.2) is 12.4 Å². The van der Waals surface area contributed by atoms with Crippen molar-refractivity contribution in [3.05, 3.63) is 17.5 Å². The van der Waals surface area contributed by atoms with Gasteiger partial charge >= 0.3 is 0 Å². The number of hydrogen-bond donors (Lipinski definition) is 0. The maximum Gasteiger partial charge on any atom is 0.252 e. The Morgan fingerprint density at radius 2 is 2.14 bits per heavy atom. The number of aromatic nitrogens is 2. The minimum Gasteiger partial charge on any atom is -0.475 e. The first-order valence-electron chi connectivity index (χ1n) is 4.83. The molecule has 0 amide bonds. The summed E-state index contributed by atoms with van der Waals surface area (Å²) in [6.45, 7) is 4.95. The van der Waals surface area contributed by atoms with Crippen molar-refractivity contribution in [2.75, 3.05) is 6.61 Å². The number of halogens is 1. The summed E-state index contributed by atoms with van der Waals surface area (Å²) < 4.78 is 5.45. The van der Waals surface area contributed by atoms with Gasteiger partial charge in [-0.25, -0.2) is 9.97 Å². The fourth-order valence-electron chi connectivity index (χ4n) is 1.20. The number of nitrogens with zero attached hydrogens (tertiary/aromatic N) is 2. The summed E-state index contributed by atoms with van der Waals surface area (Å²) in [6, 6.07) is 0. The third-order valence-electron chi connectivity index (χ3n) is 1.91. The molecule has 0 saturated carbocycles. The first kappa shape index (κ1) is 11.2. The maximum atomic E-state index is 5.79. The van der Waals surface area contributed by atoms with Crippen molar-refractivity contribution in [1.29, 1.82) is 0 Å². The van der Waals surface area contributed by atoms with Crippen LogP contribution in [-0.4, -0.2) is 16.6 Å². The first-order valence-corrected chi connectivity index (χ1v) is 5.21. The lowest BCUT2D eigenvalue weighted by atomic mass is 10.1. The average molecular weight is 215 g/mol. The molecule has 0 bridgehead atoms. The second kappa shape index (κ2) is 5.81. The lowest BCUT2D eigenvalue weighted by Gasteiger charge is -2.11. The molecule has 0 aliphatic rings. The molecule has 0 aliphatic carbocycles. The van der Waals surface area contributed by atoms with Crippen LogP contribution in [0.2, 0.25) is 5.15 Å². The van der Waals surface area contributed by atoms with Gasteiger partial charge in [0.1, 0.15) is 0 Å². The molecule has 1 atom stereocenters. The van der Waals surface area contributed by atoms with Gasteiger partial charge in [-0.2, -0.15) is 0 Å². The van der Waals surface area contributed by atoms with E-state index in [1.54, 1.807) is 12.4 Å². The van der Waals surface area contributed by atoms with Crippen molar-refractivity contribution in [3.8, 4) is 5.88 Å². The van der Waals surface area contributed by atoms with E-state index >= 15 is 0 Å². The van der Waals surface area contributed by atoms with Gasteiger partial charge in [-0.05, 0) is 12.3 Å². The molecule has 0 radical (unpaired) electrons. The van der Waals surface area contributed by atoms with Gasteiger partial charge in [-0.1, -0.05) is 31.9 Å². The van der Waals surface area contributed by atoms with E-state index in [1.165, 1.54) is 6.42 Å². The summed E-state index contributed by atoms with van der Waals surface area (Å²) in [6.07, 6.45) is 5.44. The second-order valence-electron chi connectivity index (χ2n) is 3.36. The van der Waals surface area contributed by atoms with Crippen molar-refractivity contribution in [3.63, 3.8) is 0 Å². The quantitative estimate of drug-likeness (QED) is 0.756. The SMILES string of the molecule is CCCC(C)COc1nccnc1Cl. The van der Waals surface area contributed by atoms with Crippen molar-refractivity contribution >= 4 is 11.6 Å². The van der Waals surface area contributed by atoms with E-state index in [9.17, 15) is 0 Å². The van der Waals surface area contributed by atoms with Gasteiger partial charge in [0.05, 0.1) is 6.61 Å².